The third-order valence-corrected chi connectivity index (χ3v) is 8.06. The van der Waals surface area contributed by atoms with Gasteiger partial charge >= 0.3 is 0 Å². The van der Waals surface area contributed by atoms with Crippen molar-refractivity contribution in [3.8, 4) is 11.5 Å². The van der Waals surface area contributed by atoms with Crippen LogP contribution >= 0.6 is 11.3 Å². The van der Waals surface area contributed by atoms with Crippen LogP contribution in [-0.4, -0.2) is 44.3 Å². The molecule has 0 spiro atoms. The van der Waals surface area contributed by atoms with Gasteiger partial charge in [0.15, 0.2) is 15.0 Å². The molecule has 35 heavy (non-hydrogen) atoms. The van der Waals surface area contributed by atoms with E-state index in [1.54, 1.807) is 36.5 Å². The number of aromatic nitrogens is 2. The van der Waals surface area contributed by atoms with Crippen LogP contribution in [0.25, 0.3) is 10.2 Å². The Balaban J connectivity index is 1.67. The Morgan fingerprint density at radius 1 is 1.03 bits per heavy atom. The molecule has 0 atom stereocenters. The monoisotopic (exact) mass is 515 g/mol. The van der Waals surface area contributed by atoms with Crippen LogP contribution < -0.4 is 14.4 Å². The maximum Gasteiger partial charge on any atom is 0.230 e. The molecule has 0 N–H and O–H groups in total. The van der Waals surface area contributed by atoms with Gasteiger partial charge in [0.25, 0.3) is 0 Å². The van der Waals surface area contributed by atoms with Crippen molar-refractivity contribution < 1.29 is 27.1 Å². The first-order valence-corrected chi connectivity index (χ1v) is 13.0. The Labute approximate surface area is 205 Å². The molecular formula is C24H22FN3O5S2. The van der Waals surface area contributed by atoms with E-state index in [-0.39, 0.29) is 17.9 Å². The molecule has 0 saturated carbocycles. The zero-order valence-corrected chi connectivity index (χ0v) is 20.6. The van der Waals surface area contributed by atoms with Crippen LogP contribution in [0.2, 0.25) is 0 Å². The first-order chi connectivity index (χ1) is 16.8. The summed E-state index contributed by atoms with van der Waals surface area (Å²) in [7, 11) is -0.729. The first kappa shape index (κ1) is 24.6. The molecule has 182 valence electrons. The van der Waals surface area contributed by atoms with E-state index in [2.05, 4.69) is 9.97 Å². The van der Waals surface area contributed by atoms with Crippen molar-refractivity contribution in [3.05, 3.63) is 72.3 Å². The highest BCUT2D eigenvalue weighted by Crippen LogP contribution is 2.40. The van der Waals surface area contributed by atoms with Crippen LogP contribution in [0.4, 0.5) is 9.52 Å². The molecule has 0 aliphatic rings. The van der Waals surface area contributed by atoms with Gasteiger partial charge in [0.1, 0.15) is 27.5 Å². The minimum atomic E-state index is -3.79. The quantitative estimate of drug-likeness (QED) is 0.307. The predicted molar refractivity (Wildman–Crippen MR) is 131 cm³/mol. The fourth-order valence-electron chi connectivity index (χ4n) is 3.42. The zero-order valence-electron chi connectivity index (χ0n) is 19.0. The normalized spacial score (nSPS) is 11.4. The molecule has 0 unspecified atom stereocenters. The smallest absolute Gasteiger partial charge is 0.230 e. The summed E-state index contributed by atoms with van der Waals surface area (Å²) in [5, 5.41) is 0.359. The van der Waals surface area contributed by atoms with E-state index in [1.165, 1.54) is 42.6 Å². The lowest BCUT2D eigenvalue weighted by atomic mass is 10.3. The lowest BCUT2D eigenvalue weighted by Gasteiger charge is -2.19. The lowest BCUT2D eigenvalue weighted by molar-refractivity contribution is -0.118. The van der Waals surface area contributed by atoms with Gasteiger partial charge in [-0.3, -0.25) is 14.7 Å². The minimum Gasteiger partial charge on any atom is -0.495 e. The number of carbonyl (C=O) groups excluding carboxylic acids is 1. The summed E-state index contributed by atoms with van der Waals surface area (Å²) in [6.45, 7) is 0.0979. The van der Waals surface area contributed by atoms with Crippen LogP contribution in [0.3, 0.4) is 0 Å². The van der Waals surface area contributed by atoms with Crippen LogP contribution in [0.15, 0.2) is 65.7 Å². The minimum absolute atomic E-state index is 0.0440. The van der Waals surface area contributed by atoms with Crippen molar-refractivity contribution in [1.82, 2.24) is 9.97 Å². The van der Waals surface area contributed by atoms with Crippen molar-refractivity contribution in [1.29, 1.82) is 0 Å². The van der Waals surface area contributed by atoms with Gasteiger partial charge in [0.05, 0.1) is 37.1 Å². The second-order valence-electron chi connectivity index (χ2n) is 7.47. The number of thiazole rings is 1. The first-order valence-electron chi connectivity index (χ1n) is 10.5. The highest BCUT2D eigenvalue weighted by atomic mass is 32.2. The molecule has 2 heterocycles. The Kier molecular flexibility index (Phi) is 7.27. The predicted octanol–water partition coefficient (Wildman–Crippen LogP) is 4.24. The van der Waals surface area contributed by atoms with Crippen LogP contribution in [0.5, 0.6) is 11.5 Å². The number of amides is 1. The molecule has 0 fully saturated rings. The van der Waals surface area contributed by atoms with E-state index in [1.807, 2.05) is 0 Å². The number of carbonyl (C=O) groups is 1. The highest BCUT2D eigenvalue weighted by molar-refractivity contribution is 7.91. The molecule has 0 aliphatic carbocycles. The molecule has 0 bridgehead atoms. The van der Waals surface area contributed by atoms with E-state index in [0.717, 1.165) is 12.1 Å². The van der Waals surface area contributed by atoms with E-state index < -0.39 is 27.3 Å². The van der Waals surface area contributed by atoms with Crippen LogP contribution in [0.1, 0.15) is 12.1 Å². The highest BCUT2D eigenvalue weighted by Gasteiger charge is 2.25. The number of anilines is 1. The largest absolute Gasteiger partial charge is 0.495 e. The number of benzene rings is 2. The molecule has 0 aliphatic heterocycles. The number of hydrogen-bond donors (Lipinski definition) is 0. The molecule has 4 rings (SSSR count). The molecule has 2 aromatic carbocycles. The van der Waals surface area contributed by atoms with Crippen molar-refractivity contribution >= 4 is 42.4 Å². The van der Waals surface area contributed by atoms with E-state index >= 15 is 0 Å². The maximum atomic E-state index is 13.3. The number of rotatable bonds is 9. The molecule has 8 nitrogen and oxygen atoms in total. The number of halogens is 1. The summed E-state index contributed by atoms with van der Waals surface area (Å²) in [6.07, 6.45) is 1.32. The topological polar surface area (TPSA) is 98.7 Å². The average Bonchev–Trinajstić information content (AvgIpc) is 3.31. The molecular weight excluding hydrogens is 493 g/mol. The Hall–Kier alpha value is -3.57. The standard InChI is InChI=1S/C24H22FN3O5S2/c1-32-19-10-11-20(33-2)23-22(19)27-24(34-23)28(15-17-5-3-4-13-26-17)21(29)12-14-35(30,31)18-8-6-16(25)7-9-18/h3-11,13H,12,14-15H2,1-2H3. The van der Waals surface area contributed by atoms with Crippen molar-refractivity contribution in [2.45, 2.75) is 17.9 Å². The summed E-state index contributed by atoms with van der Waals surface area (Å²) < 4.78 is 50.2. The second-order valence-corrected chi connectivity index (χ2v) is 10.6. The van der Waals surface area contributed by atoms with Gasteiger partial charge in [-0.05, 0) is 48.5 Å². The summed E-state index contributed by atoms with van der Waals surface area (Å²) >= 11 is 1.24. The van der Waals surface area contributed by atoms with Crippen LogP contribution in [-0.2, 0) is 21.2 Å². The van der Waals surface area contributed by atoms with Gasteiger partial charge in [-0.1, -0.05) is 17.4 Å². The number of hydrogen-bond acceptors (Lipinski definition) is 8. The van der Waals surface area contributed by atoms with Crippen molar-refractivity contribution in [2.24, 2.45) is 0 Å². The van der Waals surface area contributed by atoms with Gasteiger partial charge in [-0.25, -0.2) is 17.8 Å². The molecule has 2 aromatic heterocycles. The Morgan fingerprint density at radius 3 is 2.40 bits per heavy atom. The molecule has 4 aromatic rings. The summed E-state index contributed by atoms with van der Waals surface area (Å²) in [5.74, 6) is -0.323. The fourth-order valence-corrected chi connectivity index (χ4v) is 5.74. The fraction of sp³-hybridized carbons (Fsp3) is 0.208. The number of pyridine rings is 1. The lowest BCUT2D eigenvalue weighted by Crippen LogP contribution is -2.32. The van der Waals surface area contributed by atoms with Gasteiger partial charge in [-0.2, -0.15) is 0 Å². The van der Waals surface area contributed by atoms with Gasteiger partial charge in [0, 0.05) is 12.6 Å². The summed E-state index contributed by atoms with van der Waals surface area (Å²) in [5.41, 5.74) is 1.14. The summed E-state index contributed by atoms with van der Waals surface area (Å²) in [4.78, 5) is 23.6. The van der Waals surface area contributed by atoms with Crippen molar-refractivity contribution in [2.75, 3.05) is 24.9 Å². The van der Waals surface area contributed by atoms with E-state index in [9.17, 15) is 17.6 Å². The Bertz CT molecular complexity index is 1400. The second kappa shape index (κ2) is 10.4. The number of ether oxygens (including phenoxy) is 2. The summed E-state index contributed by atoms with van der Waals surface area (Å²) in [6, 6.07) is 13.3. The maximum absolute atomic E-state index is 13.3. The van der Waals surface area contributed by atoms with Gasteiger partial charge in [-0.15, -0.1) is 0 Å². The Morgan fingerprint density at radius 2 is 1.74 bits per heavy atom. The number of methoxy groups -OCH3 is 2. The van der Waals surface area contributed by atoms with Crippen molar-refractivity contribution in [3.63, 3.8) is 0 Å². The van der Waals surface area contributed by atoms with Gasteiger partial charge < -0.3 is 9.47 Å². The molecule has 0 saturated heterocycles. The molecule has 1 amide bonds. The number of fused-ring (bicyclic) bond motifs is 1. The third kappa shape index (κ3) is 5.41. The van der Waals surface area contributed by atoms with Gasteiger partial charge in [0.2, 0.25) is 5.91 Å². The van der Waals surface area contributed by atoms with Crippen LogP contribution in [0, 0.1) is 5.82 Å². The van der Waals surface area contributed by atoms with E-state index in [4.69, 9.17) is 9.47 Å². The molecule has 0 radical (unpaired) electrons. The zero-order chi connectivity index (χ0) is 25.0. The number of sulfone groups is 1. The number of nitrogens with zero attached hydrogens (tertiary/aromatic N) is 3. The van der Waals surface area contributed by atoms with E-state index in [0.29, 0.717) is 32.5 Å². The average molecular weight is 516 g/mol. The SMILES string of the molecule is COc1ccc(OC)c2sc(N(Cc3ccccn3)C(=O)CCS(=O)(=O)c3ccc(F)cc3)nc12. The molecule has 11 heteroatoms. The third-order valence-electron chi connectivity index (χ3n) is 5.23.